The highest BCUT2D eigenvalue weighted by molar-refractivity contribution is 9.10. The zero-order valence-electron chi connectivity index (χ0n) is 10.2. The van der Waals surface area contributed by atoms with Crippen molar-refractivity contribution in [3.05, 3.63) is 63.1 Å². The molecule has 3 aromatic rings. The SMILES string of the molecule is Cc1ncn(Cc2cn3ccccc3n2)c(=O)c1Br. The van der Waals surface area contributed by atoms with Gasteiger partial charge in [0.15, 0.2) is 0 Å². The van der Waals surface area contributed by atoms with Gasteiger partial charge in [-0.2, -0.15) is 0 Å². The molecule has 0 unspecified atom stereocenters. The first-order valence-electron chi connectivity index (χ1n) is 5.79. The monoisotopic (exact) mass is 318 g/mol. The van der Waals surface area contributed by atoms with Gasteiger partial charge in [0, 0.05) is 12.4 Å². The highest BCUT2D eigenvalue weighted by Gasteiger charge is 2.07. The first-order valence-corrected chi connectivity index (χ1v) is 6.58. The zero-order chi connectivity index (χ0) is 13.4. The second-order valence-corrected chi connectivity index (χ2v) is 5.07. The topological polar surface area (TPSA) is 52.2 Å². The first-order chi connectivity index (χ1) is 9.15. The van der Waals surface area contributed by atoms with Crippen LogP contribution in [0.5, 0.6) is 0 Å². The Bertz CT molecular complexity index is 773. The molecule has 0 saturated carbocycles. The number of halogens is 1. The van der Waals surface area contributed by atoms with Crippen molar-refractivity contribution in [2.45, 2.75) is 13.5 Å². The van der Waals surface area contributed by atoms with Crippen LogP contribution in [0.4, 0.5) is 0 Å². The lowest BCUT2D eigenvalue weighted by molar-refractivity contribution is 0.712. The molecule has 0 spiro atoms. The second kappa shape index (κ2) is 4.62. The highest BCUT2D eigenvalue weighted by atomic mass is 79.9. The van der Waals surface area contributed by atoms with Gasteiger partial charge < -0.3 is 4.40 Å². The van der Waals surface area contributed by atoms with E-state index >= 15 is 0 Å². The third-order valence-corrected chi connectivity index (χ3v) is 3.82. The van der Waals surface area contributed by atoms with Gasteiger partial charge in [-0.3, -0.25) is 9.36 Å². The molecule has 0 aliphatic rings. The van der Waals surface area contributed by atoms with Gasteiger partial charge in [-0.25, -0.2) is 9.97 Å². The molecule has 0 aliphatic heterocycles. The Balaban J connectivity index is 2.01. The Morgan fingerprint density at radius 3 is 3.00 bits per heavy atom. The van der Waals surface area contributed by atoms with E-state index in [9.17, 15) is 4.79 Å². The quantitative estimate of drug-likeness (QED) is 0.726. The molecular weight excluding hydrogens is 308 g/mol. The van der Waals surface area contributed by atoms with Crippen molar-refractivity contribution in [2.75, 3.05) is 0 Å². The van der Waals surface area contributed by atoms with Crippen LogP contribution in [0.2, 0.25) is 0 Å². The van der Waals surface area contributed by atoms with E-state index in [-0.39, 0.29) is 5.56 Å². The van der Waals surface area contributed by atoms with Crippen LogP contribution in [-0.2, 0) is 6.54 Å². The number of pyridine rings is 1. The minimum atomic E-state index is -0.0930. The smallest absolute Gasteiger partial charge is 0.268 e. The Kier molecular flexibility index (Phi) is 2.94. The number of fused-ring (bicyclic) bond motifs is 1. The van der Waals surface area contributed by atoms with E-state index in [2.05, 4.69) is 25.9 Å². The molecule has 6 heteroatoms. The summed E-state index contributed by atoms with van der Waals surface area (Å²) in [6, 6.07) is 5.80. The number of aromatic nitrogens is 4. The summed E-state index contributed by atoms with van der Waals surface area (Å²) < 4.78 is 3.97. The van der Waals surface area contributed by atoms with Gasteiger partial charge in [-0.15, -0.1) is 0 Å². The molecule has 0 amide bonds. The molecule has 3 heterocycles. The van der Waals surface area contributed by atoms with E-state index in [1.165, 1.54) is 0 Å². The standard InChI is InChI=1S/C13H11BrN4O/c1-9-12(14)13(19)18(8-15-9)7-10-6-17-5-3-2-4-11(17)16-10/h2-6,8H,7H2,1H3. The van der Waals surface area contributed by atoms with Gasteiger partial charge in [-0.1, -0.05) is 6.07 Å². The third-order valence-electron chi connectivity index (χ3n) is 2.90. The van der Waals surface area contributed by atoms with Crippen molar-refractivity contribution in [3.63, 3.8) is 0 Å². The van der Waals surface area contributed by atoms with Crippen molar-refractivity contribution in [1.82, 2.24) is 18.9 Å². The fourth-order valence-electron chi connectivity index (χ4n) is 1.90. The van der Waals surface area contributed by atoms with Crippen LogP contribution >= 0.6 is 15.9 Å². The number of imidazole rings is 1. The number of aryl methyl sites for hydroxylation is 1. The van der Waals surface area contributed by atoms with E-state index in [1.54, 1.807) is 17.8 Å². The maximum absolute atomic E-state index is 12.1. The lowest BCUT2D eigenvalue weighted by atomic mass is 10.4. The van der Waals surface area contributed by atoms with Crippen molar-refractivity contribution >= 4 is 21.6 Å². The molecule has 5 nitrogen and oxygen atoms in total. The van der Waals surface area contributed by atoms with Crippen LogP contribution in [-0.4, -0.2) is 18.9 Å². The zero-order valence-corrected chi connectivity index (χ0v) is 11.8. The Morgan fingerprint density at radius 2 is 2.21 bits per heavy atom. The van der Waals surface area contributed by atoms with Crippen LogP contribution in [0.3, 0.4) is 0 Å². The Morgan fingerprint density at radius 1 is 1.37 bits per heavy atom. The molecule has 0 fully saturated rings. The number of nitrogens with zero attached hydrogens (tertiary/aromatic N) is 4. The molecule has 0 saturated heterocycles. The molecule has 19 heavy (non-hydrogen) atoms. The van der Waals surface area contributed by atoms with E-state index in [0.29, 0.717) is 16.7 Å². The van der Waals surface area contributed by atoms with E-state index < -0.39 is 0 Å². The van der Waals surface area contributed by atoms with Gasteiger partial charge >= 0.3 is 0 Å². The van der Waals surface area contributed by atoms with Gasteiger partial charge in [0.2, 0.25) is 0 Å². The summed E-state index contributed by atoms with van der Waals surface area (Å²) in [5.74, 6) is 0. The van der Waals surface area contributed by atoms with Crippen molar-refractivity contribution in [2.24, 2.45) is 0 Å². The third kappa shape index (κ3) is 2.19. The average Bonchev–Trinajstić information content (AvgIpc) is 2.82. The van der Waals surface area contributed by atoms with Crippen molar-refractivity contribution in [1.29, 1.82) is 0 Å². The lowest BCUT2D eigenvalue weighted by Crippen LogP contribution is -2.22. The summed E-state index contributed by atoms with van der Waals surface area (Å²) >= 11 is 3.26. The van der Waals surface area contributed by atoms with E-state index in [0.717, 1.165) is 11.3 Å². The second-order valence-electron chi connectivity index (χ2n) is 4.28. The summed E-state index contributed by atoms with van der Waals surface area (Å²) in [5, 5.41) is 0. The van der Waals surface area contributed by atoms with Gasteiger partial charge in [0.05, 0.1) is 24.3 Å². The molecular formula is C13H11BrN4O. The Labute approximate surface area is 117 Å². The first kappa shape index (κ1) is 12.1. The number of rotatable bonds is 2. The summed E-state index contributed by atoms with van der Waals surface area (Å²) in [5.41, 5.74) is 2.29. The fraction of sp³-hybridized carbons (Fsp3) is 0.154. The molecule has 0 radical (unpaired) electrons. The molecule has 3 aromatic heterocycles. The number of hydrogen-bond acceptors (Lipinski definition) is 3. The lowest BCUT2D eigenvalue weighted by Gasteiger charge is -2.04. The maximum atomic E-state index is 12.1. The molecule has 0 atom stereocenters. The molecule has 0 aromatic carbocycles. The largest absolute Gasteiger partial charge is 0.307 e. The summed E-state index contributed by atoms with van der Waals surface area (Å²) in [6.07, 6.45) is 5.39. The predicted molar refractivity (Wildman–Crippen MR) is 75.2 cm³/mol. The van der Waals surface area contributed by atoms with E-state index in [4.69, 9.17) is 0 Å². The van der Waals surface area contributed by atoms with Gasteiger partial charge in [0.25, 0.3) is 5.56 Å². The average molecular weight is 319 g/mol. The predicted octanol–water partition coefficient (Wildman–Crippen LogP) is 2.01. The molecule has 96 valence electrons. The fourth-order valence-corrected chi connectivity index (χ4v) is 2.23. The molecule has 0 bridgehead atoms. The summed E-state index contributed by atoms with van der Waals surface area (Å²) in [7, 11) is 0. The minimum absolute atomic E-state index is 0.0930. The number of hydrogen-bond donors (Lipinski definition) is 0. The van der Waals surface area contributed by atoms with Crippen LogP contribution in [0.1, 0.15) is 11.4 Å². The normalized spacial score (nSPS) is 11.1. The maximum Gasteiger partial charge on any atom is 0.268 e. The Hall–Kier alpha value is -1.95. The summed E-state index contributed by atoms with van der Waals surface area (Å²) in [6.45, 7) is 2.20. The molecule has 0 aliphatic carbocycles. The van der Waals surface area contributed by atoms with Crippen molar-refractivity contribution < 1.29 is 0 Å². The van der Waals surface area contributed by atoms with Crippen LogP contribution in [0, 0.1) is 6.92 Å². The van der Waals surface area contributed by atoms with Crippen LogP contribution in [0.25, 0.3) is 5.65 Å². The van der Waals surface area contributed by atoms with Crippen LogP contribution in [0.15, 0.2) is 46.2 Å². The minimum Gasteiger partial charge on any atom is -0.307 e. The molecule has 0 N–H and O–H groups in total. The van der Waals surface area contributed by atoms with E-state index in [1.807, 2.05) is 35.0 Å². The van der Waals surface area contributed by atoms with Gasteiger partial charge in [-0.05, 0) is 35.0 Å². The highest BCUT2D eigenvalue weighted by Crippen LogP contribution is 2.08. The molecule has 3 rings (SSSR count). The van der Waals surface area contributed by atoms with Crippen LogP contribution < -0.4 is 5.56 Å². The van der Waals surface area contributed by atoms with Gasteiger partial charge in [0.1, 0.15) is 10.1 Å². The summed E-state index contributed by atoms with van der Waals surface area (Å²) in [4.78, 5) is 20.7. The van der Waals surface area contributed by atoms with Crippen molar-refractivity contribution in [3.8, 4) is 0 Å².